The number of ether oxygens (including phenoxy) is 1. The van der Waals surface area contributed by atoms with Gasteiger partial charge in [-0.15, -0.1) is 12.4 Å². The number of nitrogens with one attached hydrogen (secondary N) is 2. The minimum Gasteiger partial charge on any atom is -0.488 e. The van der Waals surface area contributed by atoms with Gasteiger partial charge in [0.05, 0.1) is 22.2 Å². The highest BCUT2D eigenvalue weighted by molar-refractivity contribution is 6.08. The van der Waals surface area contributed by atoms with E-state index in [9.17, 15) is 19.6 Å². The third kappa shape index (κ3) is 7.74. The number of amides is 4. The Morgan fingerprint density at radius 2 is 1.67 bits per heavy atom. The van der Waals surface area contributed by atoms with Crippen molar-refractivity contribution in [1.29, 1.82) is 5.26 Å². The molecule has 0 unspecified atom stereocenters. The summed E-state index contributed by atoms with van der Waals surface area (Å²) in [5, 5.41) is 17.0. The third-order valence-electron chi connectivity index (χ3n) is 13.6. The molecule has 4 amide bonds. The third-order valence-corrected chi connectivity index (χ3v) is 13.6. The number of anilines is 2. The molecule has 4 fully saturated rings. The Kier molecular flexibility index (Phi) is 11.4. The number of halogens is 1. The predicted molar refractivity (Wildman–Crippen MR) is 236 cm³/mol. The van der Waals surface area contributed by atoms with E-state index in [2.05, 4.69) is 74.9 Å². The summed E-state index contributed by atoms with van der Waals surface area (Å²) in [5.74, 6) is 2.41. The number of nitrogens with zero attached hydrogens (tertiary/aromatic N) is 8. The quantitative estimate of drug-likeness (QED) is 0.160. The molecule has 0 radical (unpaired) electrons. The molecule has 5 aromatic rings. The number of rotatable bonds is 9. The monoisotopic (exact) mass is 844 g/mol. The Hall–Kier alpha value is -5.78. The number of urea groups is 1. The Morgan fingerprint density at radius 3 is 2.38 bits per heavy atom. The number of likely N-dealkylation sites (tertiary alicyclic amines) is 1. The van der Waals surface area contributed by atoms with Gasteiger partial charge in [0.2, 0.25) is 5.91 Å². The summed E-state index contributed by atoms with van der Waals surface area (Å²) in [7, 11) is 0. The first-order valence-corrected chi connectivity index (χ1v) is 21.2. The van der Waals surface area contributed by atoms with Gasteiger partial charge < -0.3 is 24.4 Å². The van der Waals surface area contributed by atoms with Gasteiger partial charge in [-0.3, -0.25) is 24.8 Å². The van der Waals surface area contributed by atoms with Gasteiger partial charge in [-0.1, -0.05) is 27.7 Å². The molecule has 0 atom stereocenters. The van der Waals surface area contributed by atoms with Crippen LogP contribution in [0.1, 0.15) is 81.8 Å². The molecular weight excluding hydrogens is 792 g/mol. The number of hydrogen-bond acceptors (Lipinski definition) is 10. The molecule has 1 aromatic carbocycles. The molecule has 15 heteroatoms. The van der Waals surface area contributed by atoms with Crippen LogP contribution in [-0.4, -0.2) is 93.7 Å². The maximum absolute atomic E-state index is 13.6. The first-order chi connectivity index (χ1) is 28.9. The molecule has 2 N–H and O–H groups in total. The van der Waals surface area contributed by atoms with Crippen molar-refractivity contribution in [2.75, 3.05) is 49.1 Å². The molecule has 318 valence electrons. The van der Waals surface area contributed by atoms with E-state index in [0.717, 1.165) is 80.5 Å². The zero-order chi connectivity index (χ0) is 41.8. The van der Waals surface area contributed by atoms with Crippen molar-refractivity contribution in [3.05, 3.63) is 84.4 Å². The van der Waals surface area contributed by atoms with Crippen LogP contribution in [-0.2, 0) is 4.79 Å². The molecule has 3 saturated heterocycles. The van der Waals surface area contributed by atoms with Crippen molar-refractivity contribution >= 4 is 63.7 Å². The zero-order valence-electron chi connectivity index (χ0n) is 35.1. The van der Waals surface area contributed by atoms with Gasteiger partial charge in [0.15, 0.2) is 0 Å². The van der Waals surface area contributed by atoms with E-state index in [1.54, 1.807) is 29.6 Å². The van der Waals surface area contributed by atoms with Crippen LogP contribution >= 0.6 is 12.4 Å². The summed E-state index contributed by atoms with van der Waals surface area (Å²) in [6.45, 7) is 13.9. The van der Waals surface area contributed by atoms with Gasteiger partial charge in [0.25, 0.3) is 5.91 Å². The van der Waals surface area contributed by atoms with E-state index >= 15 is 0 Å². The molecule has 9 rings (SSSR count). The van der Waals surface area contributed by atoms with Crippen LogP contribution in [0.15, 0.2) is 73.3 Å². The van der Waals surface area contributed by atoms with Crippen molar-refractivity contribution in [1.82, 2.24) is 35.1 Å². The molecule has 7 heterocycles. The van der Waals surface area contributed by atoms with Crippen molar-refractivity contribution in [2.45, 2.75) is 78.0 Å². The number of carbonyl (C=O) groups is 3. The van der Waals surface area contributed by atoms with Gasteiger partial charge >= 0.3 is 6.03 Å². The van der Waals surface area contributed by atoms with E-state index < -0.39 is 6.03 Å². The van der Waals surface area contributed by atoms with Crippen LogP contribution in [0, 0.1) is 28.1 Å². The Morgan fingerprint density at radius 1 is 0.902 bits per heavy atom. The number of carbonyl (C=O) groups excluding carboxylic acids is 3. The molecule has 3 aliphatic heterocycles. The van der Waals surface area contributed by atoms with Crippen molar-refractivity contribution in [2.24, 2.45) is 16.7 Å². The fraction of sp³-hybridized carbons (Fsp3) is 0.457. The molecule has 4 aromatic heterocycles. The van der Waals surface area contributed by atoms with Gasteiger partial charge in [-0.2, -0.15) is 5.26 Å². The molecule has 4 aliphatic rings. The lowest BCUT2D eigenvalue weighted by molar-refractivity contribution is -0.163. The lowest BCUT2D eigenvalue weighted by Crippen LogP contribution is -2.74. The number of imide groups is 1. The zero-order valence-corrected chi connectivity index (χ0v) is 36.0. The SMILES string of the molecule is CC1(C)C(NC(=O)c2ccc(N3CCC(CN4CCC(n5ccc6c(N7CCC(=O)NC7=O)nccc65)CC4)CC3)nc2)C(C)(C)C1Oc1ccc(C#N)c2ncccc12.Cl. The molecule has 0 spiro atoms. The second-order valence-corrected chi connectivity index (χ2v) is 18.1. The number of fused-ring (bicyclic) bond motifs is 2. The summed E-state index contributed by atoms with van der Waals surface area (Å²) < 4.78 is 9.00. The van der Waals surface area contributed by atoms with E-state index in [4.69, 9.17) is 9.72 Å². The minimum absolute atomic E-state index is 0. The summed E-state index contributed by atoms with van der Waals surface area (Å²) in [5.41, 5.74) is 2.00. The second-order valence-electron chi connectivity index (χ2n) is 18.1. The topological polar surface area (TPSA) is 162 Å². The lowest BCUT2D eigenvalue weighted by atomic mass is 9.49. The molecule has 1 aliphatic carbocycles. The Labute approximate surface area is 362 Å². The molecule has 14 nitrogen and oxygen atoms in total. The number of aromatic nitrogens is 4. The number of benzene rings is 1. The molecule has 61 heavy (non-hydrogen) atoms. The van der Waals surface area contributed by atoms with E-state index in [0.29, 0.717) is 46.7 Å². The lowest BCUT2D eigenvalue weighted by Gasteiger charge is -2.63. The van der Waals surface area contributed by atoms with Gasteiger partial charge in [0, 0.05) is 104 Å². The van der Waals surface area contributed by atoms with Crippen molar-refractivity contribution in [3.8, 4) is 11.8 Å². The van der Waals surface area contributed by atoms with Crippen LogP contribution < -0.4 is 25.2 Å². The fourth-order valence-electron chi connectivity index (χ4n) is 10.7. The molecular formula is C46H53ClN10O4. The molecule has 1 saturated carbocycles. The maximum Gasteiger partial charge on any atom is 0.329 e. The van der Waals surface area contributed by atoms with Crippen LogP contribution in [0.5, 0.6) is 5.75 Å². The highest BCUT2D eigenvalue weighted by atomic mass is 35.5. The standard InChI is InChI=1S/C46H52N10O4.ClH/c1-45(2)42(46(3,4)43(45)60-36-9-7-30(26-47)39-34(36)6-5-18-48-39)52-41(58)31-8-10-37(50-27-31)54-22-12-29(13-23-54)28-53-20-14-32(15-21-53)55-24-16-33-35(55)11-19-49-40(33)56-25-17-38(57)51-44(56)59;/h5-11,16,18-19,24,27,29,32,42-43H,12-15,17,20-23,25,28H2,1-4H3,(H,52,58)(H,51,57,59);1H. The fourth-order valence-corrected chi connectivity index (χ4v) is 10.7. The highest BCUT2D eigenvalue weighted by Gasteiger charge is 2.64. The largest absolute Gasteiger partial charge is 0.488 e. The van der Waals surface area contributed by atoms with Crippen LogP contribution in [0.3, 0.4) is 0 Å². The summed E-state index contributed by atoms with van der Waals surface area (Å²) in [4.78, 5) is 58.1. The smallest absolute Gasteiger partial charge is 0.329 e. The maximum atomic E-state index is 13.6. The predicted octanol–water partition coefficient (Wildman–Crippen LogP) is 6.88. The van der Waals surface area contributed by atoms with Crippen LogP contribution in [0.25, 0.3) is 21.8 Å². The van der Waals surface area contributed by atoms with Crippen LogP contribution in [0.4, 0.5) is 16.4 Å². The van der Waals surface area contributed by atoms with E-state index in [1.165, 1.54) is 0 Å². The Bertz CT molecular complexity index is 2480. The minimum atomic E-state index is -0.415. The average molecular weight is 845 g/mol. The summed E-state index contributed by atoms with van der Waals surface area (Å²) in [6.07, 6.45) is 11.6. The Balaban J connectivity index is 0.00000514. The highest BCUT2D eigenvalue weighted by Crippen LogP contribution is 2.56. The van der Waals surface area contributed by atoms with Gasteiger partial charge in [-0.05, 0) is 80.1 Å². The first-order valence-electron chi connectivity index (χ1n) is 21.2. The molecule has 0 bridgehead atoms. The average Bonchev–Trinajstić information content (AvgIpc) is 3.70. The van der Waals surface area contributed by atoms with Crippen molar-refractivity contribution in [3.63, 3.8) is 0 Å². The number of hydrogen-bond donors (Lipinski definition) is 2. The van der Waals surface area contributed by atoms with E-state index in [-0.39, 0.29) is 53.6 Å². The first kappa shape index (κ1) is 41.9. The van der Waals surface area contributed by atoms with E-state index in [1.807, 2.05) is 42.5 Å². The normalized spacial score (nSPS) is 22.0. The van der Waals surface area contributed by atoms with Gasteiger partial charge in [0.1, 0.15) is 29.6 Å². The summed E-state index contributed by atoms with van der Waals surface area (Å²) in [6, 6.07) is 17.3. The second kappa shape index (κ2) is 16.6. The number of piperidine rings is 2. The van der Waals surface area contributed by atoms with Crippen LogP contribution in [0.2, 0.25) is 0 Å². The van der Waals surface area contributed by atoms with Crippen molar-refractivity contribution < 1.29 is 19.1 Å². The van der Waals surface area contributed by atoms with Gasteiger partial charge in [-0.25, -0.2) is 14.8 Å². The number of pyridine rings is 3. The number of nitriles is 1. The summed E-state index contributed by atoms with van der Waals surface area (Å²) >= 11 is 0.